The molecule has 19 heavy (non-hydrogen) atoms. The van der Waals surface area contributed by atoms with Gasteiger partial charge in [0.25, 0.3) is 0 Å². The van der Waals surface area contributed by atoms with Crippen LogP contribution in [0.1, 0.15) is 31.0 Å². The van der Waals surface area contributed by atoms with Crippen LogP contribution in [0.4, 0.5) is 5.95 Å². The molecule has 0 unspecified atom stereocenters. The quantitative estimate of drug-likeness (QED) is 0.580. The summed E-state index contributed by atoms with van der Waals surface area (Å²) in [4.78, 5) is 8.67. The SMILES string of the molecule is CCCCc1ccc2nc(NC(=N)N)nc(C)c2c1. The van der Waals surface area contributed by atoms with E-state index >= 15 is 0 Å². The van der Waals surface area contributed by atoms with Crippen molar-refractivity contribution in [1.29, 1.82) is 5.41 Å². The zero-order chi connectivity index (χ0) is 13.8. The van der Waals surface area contributed by atoms with Gasteiger partial charge in [0.1, 0.15) is 0 Å². The largest absolute Gasteiger partial charge is 0.370 e. The van der Waals surface area contributed by atoms with E-state index in [-0.39, 0.29) is 5.96 Å². The van der Waals surface area contributed by atoms with E-state index in [0.29, 0.717) is 5.95 Å². The molecule has 0 aliphatic heterocycles. The van der Waals surface area contributed by atoms with E-state index in [4.69, 9.17) is 11.1 Å². The molecular weight excluding hydrogens is 238 g/mol. The molecule has 0 aliphatic carbocycles. The first-order valence-electron chi connectivity index (χ1n) is 6.48. The highest BCUT2D eigenvalue weighted by Crippen LogP contribution is 2.19. The molecule has 0 aliphatic rings. The van der Waals surface area contributed by atoms with E-state index in [9.17, 15) is 0 Å². The van der Waals surface area contributed by atoms with Crippen molar-refractivity contribution in [1.82, 2.24) is 9.97 Å². The highest BCUT2D eigenvalue weighted by molar-refractivity contribution is 5.90. The summed E-state index contributed by atoms with van der Waals surface area (Å²) in [6, 6.07) is 6.25. The number of aromatic nitrogens is 2. The second-order valence-corrected chi connectivity index (χ2v) is 4.63. The van der Waals surface area contributed by atoms with Crippen molar-refractivity contribution < 1.29 is 0 Å². The lowest BCUT2D eigenvalue weighted by molar-refractivity contribution is 0.796. The Labute approximate surface area is 112 Å². The van der Waals surface area contributed by atoms with Crippen LogP contribution in [0.3, 0.4) is 0 Å². The fourth-order valence-corrected chi connectivity index (χ4v) is 2.04. The summed E-state index contributed by atoms with van der Waals surface area (Å²) < 4.78 is 0. The monoisotopic (exact) mass is 257 g/mol. The van der Waals surface area contributed by atoms with Crippen molar-refractivity contribution in [3.05, 3.63) is 29.5 Å². The molecule has 0 bridgehead atoms. The minimum Gasteiger partial charge on any atom is -0.370 e. The lowest BCUT2D eigenvalue weighted by Gasteiger charge is -2.08. The van der Waals surface area contributed by atoms with Gasteiger partial charge in [0.05, 0.1) is 11.2 Å². The maximum Gasteiger partial charge on any atom is 0.230 e. The molecule has 0 spiro atoms. The first kappa shape index (κ1) is 13.3. The third-order valence-corrected chi connectivity index (χ3v) is 3.02. The van der Waals surface area contributed by atoms with E-state index in [2.05, 4.69) is 34.3 Å². The third kappa shape index (κ3) is 3.19. The summed E-state index contributed by atoms with van der Waals surface area (Å²) in [5.74, 6) is 0.220. The van der Waals surface area contributed by atoms with Crippen LogP contribution < -0.4 is 11.1 Å². The van der Waals surface area contributed by atoms with Crippen LogP contribution in [-0.4, -0.2) is 15.9 Å². The molecule has 2 rings (SSSR count). The Morgan fingerprint density at radius 2 is 2.16 bits per heavy atom. The van der Waals surface area contributed by atoms with Gasteiger partial charge in [0.2, 0.25) is 5.95 Å². The molecule has 0 radical (unpaired) electrons. The Balaban J connectivity index is 2.38. The number of nitrogens with zero attached hydrogens (tertiary/aromatic N) is 2. The van der Waals surface area contributed by atoms with E-state index < -0.39 is 0 Å². The van der Waals surface area contributed by atoms with Gasteiger partial charge in [0.15, 0.2) is 5.96 Å². The van der Waals surface area contributed by atoms with Gasteiger partial charge in [-0.15, -0.1) is 0 Å². The number of unbranched alkanes of at least 4 members (excludes halogenated alkanes) is 1. The molecule has 4 N–H and O–H groups in total. The van der Waals surface area contributed by atoms with E-state index in [0.717, 1.165) is 23.0 Å². The topological polar surface area (TPSA) is 87.7 Å². The molecule has 2 aromatic rings. The van der Waals surface area contributed by atoms with Crippen LogP contribution in [0.2, 0.25) is 0 Å². The standard InChI is InChI=1S/C14H19N5/c1-3-4-5-10-6-7-12-11(8-10)9(2)17-14(18-12)19-13(15)16/h6-8H,3-5H2,1-2H3,(H4,15,16,17,18,19). The number of aryl methyl sites for hydroxylation is 2. The summed E-state index contributed by atoms with van der Waals surface area (Å²) >= 11 is 0. The number of hydrogen-bond acceptors (Lipinski definition) is 3. The predicted octanol–water partition coefficient (Wildman–Crippen LogP) is 2.59. The van der Waals surface area contributed by atoms with Gasteiger partial charge >= 0.3 is 0 Å². The van der Waals surface area contributed by atoms with Crippen LogP contribution >= 0.6 is 0 Å². The van der Waals surface area contributed by atoms with E-state index in [1.807, 2.05) is 13.0 Å². The first-order valence-corrected chi connectivity index (χ1v) is 6.48. The number of anilines is 1. The summed E-state index contributed by atoms with van der Waals surface area (Å²) in [5, 5.41) is 10.9. The normalized spacial score (nSPS) is 10.6. The zero-order valence-electron chi connectivity index (χ0n) is 11.3. The van der Waals surface area contributed by atoms with Crippen LogP contribution in [0.25, 0.3) is 10.9 Å². The third-order valence-electron chi connectivity index (χ3n) is 3.02. The number of rotatable bonds is 4. The van der Waals surface area contributed by atoms with Gasteiger partial charge in [-0.05, 0) is 37.5 Å². The Bertz CT molecular complexity index is 606. The molecule has 100 valence electrons. The van der Waals surface area contributed by atoms with Crippen molar-refractivity contribution in [3.8, 4) is 0 Å². The van der Waals surface area contributed by atoms with Crippen LogP contribution in [0.15, 0.2) is 18.2 Å². The lowest BCUT2D eigenvalue weighted by atomic mass is 10.1. The van der Waals surface area contributed by atoms with Crippen molar-refractivity contribution in [2.75, 3.05) is 5.32 Å². The number of benzene rings is 1. The average molecular weight is 257 g/mol. The Morgan fingerprint density at radius 3 is 2.84 bits per heavy atom. The highest BCUT2D eigenvalue weighted by Gasteiger charge is 2.06. The number of fused-ring (bicyclic) bond motifs is 1. The van der Waals surface area contributed by atoms with Crippen LogP contribution in [0, 0.1) is 12.3 Å². The number of hydrogen-bond donors (Lipinski definition) is 3. The van der Waals surface area contributed by atoms with Gasteiger partial charge in [-0.1, -0.05) is 19.4 Å². The predicted molar refractivity (Wildman–Crippen MR) is 78.4 cm³/mol. The zero-order valence-corrected chi connectivity index (χ0v) is 11.3. The molecule has 1 heterocycles. The molecule has 5 nitrogen and oxygen atoms in total. The Kier molecular flexibility index (Phi) is 3.94. The number of nitrogens with two attached hydrogens (primary N) is 1. The van der Waals surface area contributed by atoms with Crippen molar-refractivity contribution >= 4 is 22.8 Å². The second-order valence-electron chi connectivity index (χ2n) is 4.63. The summed E-state index contributed by atoms with van der Waals surface area (Å²) in [6.07, 6.45) is 3.46. The van der Waals surface area contributed by atoms with Crippen LogP contribution in [-0.2, 0) is 6.42 Å². The van der Waals surface area contributed by atoms with Gasteiger partial charge in [-0.25, -0.2) is 9.97 Å². The van der Waals surface area contributed by atoms with Gasteiger partial charge in [-0.3, -0.25) is 10.7 Å². The molecule has 0 saturated carbocycles. The lowest BCUT2D eigenvalue weighted by Crippen LogP contribution is -2.22. The Hall–Kier alpha value is -2.17. The van der Waals surface area contributed by atoms with Gasteiger partial charge in [-0.2, -0.15) is 0 Å². The molecule has 1 aromatic carbocycles. The fourth-order valence-electron chi connectivity index (χ4n) is 2.04. The highest BCUT2D eigenvalue weighted by atomic mass is 15.2. The number of guanidine groups is 1. The fraction of sp³-hybridized carbons (Fsp3) is 0.357. The molecule has 0 saturated heterocycles. The molecule has 0 fully saturated rings. The number of nitrogens with one attached hydrogen (secondary N) is 2. The summed E-state index contributed by atoms with van der Waals surface area (Å²) in [5.41, 5.74) is 8.37. The second kappa shape index (κ2) is 5.65. The molecule has 0 amide bonds. The molecule has 0 atom stereocenters. The van der Waals surface area contributed by atoms with Crippen molar-refractivity contribution in [2.24, 2.45) is 5.73 Å². The van der Waals surface area contributed by atoms with Gasteiger partial charge in [0, 0.05) is 5.39 Å². The minimum atomic E-state index is -0.154. The Morgan fingerprint density at radius 1 is 1.37 bits per heavy atom. The maximum atomic E-state index is 7.21. The maximum absolute atomic E-state index is 7.21. The van der Waals surface area contributed by atoms with Crippen molar-refractivity contribution in [3.63, 3.8) is 0 Å². The average Bonchev–Trinajstić information content (AvgIpc) is 2.36. The molecule has 5 heteroatoms. The van der Waals surface area contributed by atoms with Crippen LogP contribution in [0.5, 0.6) is 0 Å². The van der Waals surface area contributed by atoms with Gasteiger partial charge < -0.3 is 5.73 Å². The minimum absolute atomic E-state index is 0.154. The summed E-state index contributed by atoms with van der Waals surface area (Å²) in [6.45, 7) is 4.13. The first-order chi connectivity index (χ1) is 9.10. The van der Waals surface area contributed by atoms with E-state index in [1.165, 1.54) is 18.4 Å². The molecule has 1 aromatic heterocycles. The van der Waals surface area contributed by atoms with E-state index in [1.54, 1.807) is 0 Å². The summed E-state index contributed by atoms with van der Waals surface area (Å²) in [7, 11) is 0. The van der Waals surface area contributed by atoms with Crippen molar-refractivity contribution in [2.45, 2.75) is 33.1 Å². The smallest absolute Gasteiger partial charge is 0.230 e. The molecular formula is C14H19N5.